The third-order valence-corrected chi connectivity index (χ3v) is 6.23. The maximum Gasteiger partial charge on any atom is 0.159 e. The van der Waals surface area contributed by atoms with Crippen molar-refractivity contribution in [2.24, 2.45) is 5.92 Å². The Morgan fingerprint density at radius 3 is 2.61 bits per heavy atom. The maximum atomic E-state index is 13.5. The molecular formula is C29H25FN8. The average molecular weight is 505 g/mol. The zero-order valence-electron chi connectivity index (χ0n) is 21.0. The molecule has 9 heteroatoms. The van der Waals surface area contributed by atoms with Gasteiger partial charge in [-0.2, -0.15) is 5.10 Å². The first-order chi connectivity index (χ1) is 18.4. The number of H-pyrrole nitrogens is 2. The quantitative estimate of drug-likeness (QED) is 0.222. The lowest BCUT2D eigenvalue weighted by Crippen LogP contribution is -2.02. The fourth-order valence-electron chi connectivity index (χ4n) is 4.54. The van der Waals surface area contributed by atoms with E-state index in [4.69, 9.17) is 4.98 Å². The van der Waals surface area contributed by atoms with Crippen molar-refractivity contribution in [3.05, 3.63) is 85.5 Å². The molecule has 3 N–H and O–H groups in total. The zero-order valence-corrected chi connectivity index (χ0v) is 21.0. The van der Waals surface area contributed by atoms with E-state index < -0.39 is 0 Å². The summed E-state index contributed by atoms with van der Waals surface area (Å²) < 4.78 is 13.5. The molecule has 1 aromatic carbocycles. The largest absolute Gasteiger partial charge is 0.358 e. The molecule has 0 spiro atoms. The number of benzene rings is 1. The molecule has 5 heterocycles. The topological polar surface area (TPSA) is 108 Å². The Kier molecular flexibility index (Phi) is 5.88. The molecule has 0 bridgehead atoms. The van der Waals surface area contributed by atoms with Gasteiger partial charge in [0.1, 0.15) is 11.5 Å². The number of allylic oxidation sites excluding steroid dienone is 1. The van der Waals surface area contributed by atoms with Crippen LogP contribution in [0.25, 0.3) is 55.8 Å². The van der Waals surface area contributed by atoms with Gasteiger partial charge in [-0.15, -0.1) is 0 Å². The van der Waals surface area contributed by atoms with Gasteiger partial charge in [0, 0.05) is 34.6 Å². The van der Waals surface area contributed by atoms with Crippen LogP contribution in [0.2, 0.25) is 0 Å². The average Bonchev–Trinajstić information content (AvgIpc) is 3.52. The van der Waals surface area contributed by atoms with E-state index in [0.717, 1.165) is 62.1 Å². The molecule has 6 aromatic rings. The van der Waals surface area contributed by atoms with Gasteiger partial charge in [0.2, 0.25) is 0 Å². The predicted molar refractivity (Wildman–Crippen MR) is 148 cm³/mol. The molecule has 0 aliphatic rings. The van der Waals surface area contributed by atoms with Gasteiger partial charge in [-0.1, -0.05) is 32.6 Å². The number of halogens is 1. The van der Waals surface area contributed by atoms with E-state index in [9.17, 15) is 4.39 Å². The van der Waals surface area contributed by atoms with E-state index in [-0.39, 0.29) is 5.82 Å². The number of nitrogens with one attached hydrogen (secondary N) is 3. The van der Waals surface area contributed by atoms with Crippen molar-refractivity contribution in [3.63, 3.8) is 0 Å². The summed E-state index contributed by atoms with van der Waals surface area (Å²) >= 11 is 0. The van der Waals surface area contributed by atoms with Gasteiger partial charge in [-0.05, 0) is 42.2 Å². The molecular weight excluding hydrogens is 479 g/mol. The van der Waals surface area contributed by atoms with E-state index in [1.165, 1.54) is 12.1 Å². The number of imidazole rings is 1. The molecule has 0 amide bonds. The molecule has 6 rings (SSSR count). The molecule has 38 heavy (non-hydrogen) atoms. The number of rotatable bonds is 7. The highest BCUT2D eigenvalue weighted by molar-refractivity contribution is 5.97. The van der Waals surface area contributed by atoms with Gasteiger partial charge in [-0.3, -0.25) is 20.1 Å². The van der Waals surface area contributed by atoms with Crippen LogP contribution in [0.15, 0.2) is 79.7 Å². The smallest absolute Gasteiger partial charge is 0.159 e. The number of nitrogens with zero attached hydrogens (tertiary/aromatic N) is 5. The van der Waals surface area contributed by atoms with E-state index in [0.29, 0.717) is 17.4 Å². The molecule has 0 aliphatic carbocycles. The molecule has 0 radical (unpaired) electrons. The van der Waals surface area contributed by atoms with Crippen molar-refractivity contribution in [2.75, 3.05) is 5.32 Å². The highest BCUT2D eigenvalue weighted by Gasteiger charge is 2.17. The van der Waals surface area contributed by atoms with Crippen LogP contribution in [0.5, 0.6) is 0 Å². The van der Waals surface area contributed by atoms with Crippen molar-refractivity contribution >= 4 is 27.6 Å². The van der Waals surface area contributed by atoms with Gasteiger partial charge in [0.15, 0.2) is 5.82 Å². The summed E-state index contributed by atoms with van der Waals surface area (Å²) in [6, 6.07) is 10.3. The minimum Gasteiger partial charge on any atom is -0.358 e. The van der Waals surface area contributed by atoms with Crippen LogP contribution in [0.1, 0.15) is 20.3 Å². The summed E-state index contributed by atoms with van der Waals surface area (Å²) in [5.41, 5.74) is 8.02. The second kappa shape index (κ2) is 9.51. The van der Waals surface area contributed by atoms with Gasteiger partial charge in [0.25, 0.3) is 0 Å². The third-order valence-electron chi connectivity index (χ3n) is 6.23. The minimum absolute atomic E-state index is 0.291. The predicted octanol–water partition coefficient (Wildman–Crippen LogP) is 6.74. The van der Waals surface area contributed by atoms with Crippen LogP contribution >= 0.6 is 0 Å². The first-order valence-corrected chi connectivity index (χ1v) is 12.3. The Bertz CT molecular complexity index is 1780. The molecule has 0 unspecified atom stereocenters. The first-order valence-electron chi connectivity index (χ1n) is 12.3. The lowest BCUT2D eigenvalue weighted by molar-refractivity contribution is 0.628. The summed E-state index contributed by atoms with van der Waals surface area (Å²) in [7, 11) is 0. The Labute approximate surface area is 218 Å². The monoisotopic (exact) mass is 504 g/mol. The fraction of sp³-hybridized carbons (Fsp3) is 0.138. The van der Waals surface area contributed by atoms with Gasteiger partial charge >= 0.3 is 0 Å². The zero-order chi connectivity index (χ0) is 26.2. The van der Waals surface area contributed by atoms with Crippen molar-refractivity contribution in [1.82, 2.24) is 35.1 Å². The molecule has 188 valence electrons. The Morgan fingerprint density at radius 2 is 1.79 bits per heavy atom. The van der Waals surface area contributed by atoms with Crippen molar-refractivity contribution in [3.8, 4) is 33.9 Å². The number of hydrogen-bond donors (Lipinski definition) is 3. The van der Waals surface area contributed by atoms with Crippen LogP contribution in [0, 0.1) is 11.7 Å². The summed E-state index contributed by atoms with van der Waals surface area (Å²) in [6.45, 7) is 8.44. The van der Waals surface area contributed by atoms with Crippen molar-refractivity contribution < 1.29 is 4.39 Å². The SMILES string of the molecule is C=C(CC(C)C)Nc1cncc(-c2cc3c(-c4nc5c(-c6ccc(F)cc6)cncc5[nH]4)n[nH]c3cn2)c1. The second-order valence-corrected chi connectivity index (χ2v) is 9.65. The van der Waals surface area contributed by atoms with E-state index in [1.807, 2.05) is 12.1 Å². The highest BCUT2D eigenvalue weighted by Crippen LogP contribution is 2.32. The number of pyridine rings is 3. The van der Waals surface area contributed by atoms with Crippen LogP contribution in [-0.2, 0) is 0 Å². The maximum absolute atomic E-state index is 13.5. The lowest BCUT2D eigenvalue weighted by atomic mass is 10.1. The Balaban J connectivity index is 1.38. The highest BCUT2D eigenvalue weighted by atomic mass is 19.1. The van der Waals surface area contributed by atoms with Crippen molar-refractivity contribution in [2.45, 2.75) is 20.3 Å². The van der Waals surface area contributed by atoms with Gasteiger partial charge in [0.05, 0.1) is 46.5 Å². The summed E-state index contributed by atoms with van der Waals surface area (Å²) in [5, 5.41) is 11.8. The molecule has 0 fully saturated rings. The molecule has 0 saturated carbocycles. The molecule has 0 atom stereocenters. The number of aromatic amines is 2. The van der Waals surface area contributed by atoms with Crippen molar-refractivity contribution in [1.29, 1.82) is 0 Å². The minimum atomic E-state index is -0.291. The van der Waals surface area contributed by atoms with Crippen LogP contribution in [0.4, 0.5) is 10.1 Å². The van der Waals surface area contributed by atoms with Crippen LogP contribution < -0.4 is 5.32 Å². The number of hydrogen-bond acceptors (Lipinski definition) is 6. The van der Waals surface area contributed by atoms with E-state index in [2.05, 4.69) is 55.9 Å². The molecule has 0 aliphatic heterocycles. The van der Waals surface area contributed by atoms with Crippen LogP contribution in [-0.4, -0.2) is 35.1 Å². The Morgan fingerprint density at radius 1 is 0.974 bits per heavy atom. The number of aromatic nitrogens is 7. The number of anilines is 1. The van der Waals surface area contributed by atoms with Crippen LogP contribution in [0.3, 0.4) is 0 Å². The van der Waals surface area contributed by atoms with E-state index >= 15 is 0 Å². The Hall–Kier alpha value is -4.92. The lowest BCUT2D eigenvalue weighted by Gasteiger charge is -2.12. The summed E-state index contributed by atoms with van der Waals surface area (Å²) in [6.07, 6.45) is 9.65. The van der Waals surface area contributed by atoms with Gasteiger partial charge in [-0.25, -0.2) is 9.37 Å². The van der Waals surface area contributed by atoms with Gasteiger partial charge < -0.3 is 10.3 Å². The second-order valence-electron chi connectivity index (χ2n) is 9.65. The van der Waals surface area contributed by atoms with E-state index in [1.54, 1.807) is 43.1 Å². The summed E-state index contributed by atoms with van der Waals surface area (Å²) in [5.74, 6) is 0.815. The standard InChI is InChI=1S/C29H25FN8/c1-16(2)8-17(3)34-21-9-19(11-31-12-21)24-10-22-25(15-33-24)37-38-28(22)29-35-26-14-32-13-23(27(26)36-29)18-4-6-20(30)7-5-18/h4-7,9-16,34H,3,8H2,1-2H3,(H,35,36)(H,37,38). The summed E-state index contributed by atoms with van der Waals surface area (Å²) in [4.78, 5) is 21.6. The molecule has 8 nitrogen and oxygen atoms in total. The normalized spacial score (nSPS) is 11.5. The fourth-order valence-corrected chi connectivity index (χ4v) is 4.54. The molecule has 5 aromatic heterocycles. The number of fused-ring (bicyclic) bond motifs is 2. The third kappa shape index (κ3) is 4.50. The first kappa shape index (κ1) is 23.5. The molecule has 0 saturated heterocycles.